The van der Waals surface area contributed by atoms with Gasteiger partial charge in [-0.15, -0.1) is 0 Å². The number of hydrogen-bond donors (Lipinski definition) is 1. The van der Waals surface area contributed by atoms with Crippen LogP contribution in [0.25, 0.3) is 0 Å². The highest BCUT2D eigenvalue weighted by Crippen LogP contribution is 1.95. The van der Waals surface area contributed by atoms with Gasteiger partial charge in [-0.05, 0) is 6.07 Å². The van der Waals surface area contributed by atoms with Crippen LogP contribution < -0.4 is 5.32 Å². The summed E-state index contributed by atoms with van der Waals surface area (Å²) in [7, 11) is 3.36. The topological polar surface area (TPSA) is 57.5 Å². The average molecular weight is 257 g/mol. The van der Waals surface area contributed by atoms with E-state index >= 15 is 0 Å². The number of nitrogens with one attached hydrogen (secondary N) is 1. The van der Waals surface area contributed by atoms with E-state index in [1.54, 1.807) is 14.2 Å². The molecule has 0 aromatic carbocycles. The molecule has 18 heavy (non-hydrogen) atoms. The largest absolute Gasteiger partial charge is 0.383 e. The number of aromatic nitrogens is 2. The van der Waals surface area contributed by atoms with Crippen molar-refractivity contribution in [2.24, 2.45) is 0 Å². The molecule has 6 nitrogen and oxygen atoms in total. The van der Waals surface area contributed by atoms with Gasteiger partial charge >= 0.3 is 0 Å². The fraction of sp³-hybridized carbons (Fsp3) is 0.750. The van der Waals surface area contributed by atoms with Crippen LogP contribution in [-0.4, -0.2) is 57.0 Å². The van der Waals surface area contributed by atoms with Crippen molar-refractivity contribution in [3.8, 4) is 0 Å². The van der Waals surface area contributed by atoms with Crippen molar-refractivity contribution < 1.29 is 14.2 Å². The molecule has 0 unspecified atom stereocenters. The van der Waals surface area contributed by atoms with E-state index in [1.807, 2.05) is 16.9 Å². The van der Waals surface area contributed by atoms with Gasteiger partial charge in [-0.1, -0.05) is 0 Å². The second-order valence-corrected chi connectivity index (χ2v) is 3.84. The first-order chi connectivity index (χ1) is 8.86. The van der Waals surface area contributed by atoms with Gasteiger partial charge in [0.15, 0.2) is 0 Å². The molecule has 0 saturated carbocycles. The molecule has 1 aromatic rings. The van der Waals surface area contributed by atoms with Crippen LogP contribution in [0.15, 0.2) is 12.3 Å². The zero-order valence-electron chi connectivity index (χ0n) is 11.2. The van der Waals surface area contributed by atoms with Crippen LogP contribution in [-0.2, 0) is 27.3 Å². The van der Waals surface area contributed by atoms with Crippen LogP contribution >= 0.6 is 0 Å². The molecule has 0 fully saturated rings. The van der Waals surface area contributed by atoms with E-state index in [-0.39, 0.29) is 0 Å². The normalized spacial score (nSPS) is 11.0. The minimum Gasteiger partial charge on any atom is -0.383 e. The Bertz CT molecular complexity index is 305. The maximum atomic E-state index is 5.38. The minimum absolute atomic E-state index is 0.628. The molecule has 1 rings (SSSR count). The van der Waals surface area contributed by atoms with Gasteiger partial charge in [-0.2, -0.15) is 5.10 Å². The van der Waals surface area contributed by atoms with Gasteiger partial charge in [0.2, 0.25) is 0 Å². The van der Waals surface area contributed by atoms with Crippen molar-refractivity contribution in [2.45, 2.75) is 13.1 Å². The summed E-state index contributed by atoms with van der Waals surface area (Å²) in [6, 6.07) is 2.01. The molecule has 6 heteroatoms. The second kappa shape index (κ2) is 10.0. The number of rotatable bonds is 11. The van der Waals surface area contributed by atoms with E-state index in [0.29, 0.717) is 26.4 Å². The summed E-state index contributed by atoms with van der Waals surface area (Å²) in [5.74, 6) is 0. The van der Waals surface area contributed by atoms with Crippen LogP contribution in [0.4, 0.5) is 0 Å². The summed E-state index contributed by atoms with van der Waals surface area (Å²) < 4.78 is 17.1. The van der Waals surface area contributed by atoms with E-state index in [1.165, 1.54) is 0 Å². The molecule has 0 atom stereocenters. The first kappa shape index (κ1) is 15.1. The van der Waals surface area contributed by atoms with E-state index in [0.717, 1.165) is 25.3 Å². The molecule has 0 aliphatic heterocycles. The molecule has 104 valence electrons. The smallest absolute Gasteiger partial charge is 0.0762 e. The lowest BCUT2D eigenvalue weighted by Crippen LogP contribution is -2.19. The predicted molar refractivity (Wildman–Crippen MR) is 68.5 cm³/mol. The van der Waals surface area contributed by atoms with Crippen molar-refractivity contribution in [1.29, 1.82) is 0 Å². The van der Waals surface area contributed by atoms with E-state index in [2.05, 4.69) is 10.4 Å². The maximum Gasteiger partial charge on any atom is 0.0762 e. The summed E-state index contributed by atoms with van der Waals surface area (Å²) in [4.78, 5) is 0. The first-order valence-electron chi connectivity index (χ1n) is 6.15. The lowest BCUT2D eigenvalue weighted by molar-refractivity contribution is 0.0653. The number of ether oxygens (including phenoxy) is 3. The highest BCUT2D eigenvalue weighted by molar-refractivity contribution is 4.98. The summed E-state index contributed by atoms with van der Waals surface area (Å²) >= 11 is 0. The maximum absolute atomic E-state index is 5.38. The van der Waals surface area contributed by atoms with E-state index in [9.17, 15) is 0 Å². The fourth-order valence-electron chi connectivity index (χ4n) is 1.42. The summed E-state index contributed by atoms with van der Waals surface area (Å²) in [6.07, 6.45) is 1.97. The third-order valence-electron chi connectivity index (χ3n) is 2.38. The van der Waals surface area contributed by atoms with Crippen molar-refractivity contribution in [3.63, 3.8) is 0 Å². The third kappa shape index (κ3) is 6.70. The standard InChI is InChI=1S/C12H23N3O3/c1-16-7-4-13-11-12-3-5-15(14-12)6-8-18-10-9-17-2/h3,5,13H,4,6-11H2,1-2H3. The Kier molecular flexibility index (Phi) is 8.41. The SMILES string of the molecule is COCCNCc1ccn(CCOCCOC)n1. The predicted octanol–water partition coefficient (Wildman–Crippen LogP) is 0.282. The van der Waals surface area contributed by atoms with Crippen LogP contribution in [0.1, 0.15) is 5.69 Å². The minimum atomic E-state index is 0.628. The number of methoxy groups -OCH3 is 2. The van der Waals surface area contributed by atoms with Crippen LogP contribution in [0, 0.1) is 0 Å². The Hall–Kier alpha value is -0.950. The lowest BCUT2D eigenvalue weighted by atomic mass is 10.4. The first-order valence-corrected chi connectivity index (χ1v) is 6.15. The van der Waals surface area contributed by atoms with Crippen molar-refractivity contribution in [3.05, 3.63) is 18.0 Å². The third-order valence-corrected chi connectivity index (χ3v) is 2.38. The molecule has 0 aliphatic carbocycles. The molecule has 0 amide bonds. The summed E-state index contributed by atoms with van der Waals surface area (Å²) in [5.41, 5.74) is 1.03. The number of hydrogen-bond acceptors (Lipinski definition) is 5. The van der Waals surface area contributed by atoms with Crippen molar-refractivity contribution >= 4 is 0 Å². The summed E-state index contributed by atoms with van der Waals surface area (Å²) in [5, 5.41) is 7.68. The molecular weight excluding hydrogens is 234 g/mol. The lowest BCUT2D eigenvalue weighted by Gasteiger charge is -2.04. The Labute approximate surface area is 108 Å². The molecule has 0 bridgehead atoms. The molecule has 0 spiro atoms. The highest BCUT2D eigenvalue weighted by atomic mass is 16.5. The molecule has 1 heterocycles. The van der Waals surface area contributed by atoms with Gasteiger partial charge in [-0.25, -0.2) is 0 Å². The van der Waals surface area contributed by atoms with Gasteiger partial charge in [-0.3, -0.25) is 4.68 Å². The monoisotopic (exact) mass is 257 g/mol. The molecule has 0 saturated heterocycles. The fourth-order valence-corrected chi connectivity index (χ4v) is 1.42. The van der Waals surface area contributed by atoms with Crippen LogP contribution in [0.3, 0.4) is 0 Å². The van der Waals surface area contributed by atoms with Gasteiger partial charge in [0.05, 0.1) is 38.7 Å². The molecule has 0 radical (unpaired) electrons. The zero-order chi connectivity index (χ0) is 13.1. The molecular formula is C12H23N3O3. The molecule has 0 aliphatic rings. The Morgan fingerprint density at radius 1 is 1.17 bits per heavy atom. The quantitative estimate of drug-likeness (QED) is 0.577. The average Bonchev–Trinajstić information content (AvgIpc) is 2.82. The van der Waals surface area contributed by atoms with Gasteiger partial charge in [0.1, 0.15) is 0 Å². The van der Waals surface area contributed by atoms with E-state index < -0.39 is 0 Å². The molecule has 1 N–H and O–H groups in total. The van der Waals surface area contributed by atoms with Crippen LogP contribution in [0.5, 0.6) is 0 Å². The summed E-state index contributed by atoms with van der Waals surface area (Å²) in [6.45, 7) is 5.00. The van der Waals surface area contributed by atoms with Gasteiger partial charge < -0.3 is 19.5 Å². The van der Waals surface area contributed by atoms with Crippen molar-refractivity contribution in [1.82, 2.24) is 15.1 Å². The van der Waals surface area contributed by atoms with Gasteiger partial charge in [0, 0.05) is 33.5 Å². The van der Waals surface area contributed by atoms with Gasteiger partial charge in [0.25, 0.3) is 0 Å². The Morgan fingerprint density at radius 2 is 2.00 bits per heavy atom. The Balaban J connectivity index is 2.10. The second-order valence-electron chi connectivity index (χ2n) is 3.84. The number of nitrogens with zero attached hydrogens (tertiary/aromatic N) is 2. The van der Waals surface area contributed by atoms with Crippen LogP contribution in [0.2, 0.25) is 0 Å². The zero-order valence-corrected chi connectivity index (χ0v) is 11.2. The molecule has 1 aromatic heterocycles. The highest BCUT2D eigenvalue weighted by Gasteiger charge is 1.98. The van der Waals surface area contributed by atoms with Crippen molar-refractivity contribution in [2.75, 3.05) is 47.2 Å². The van der Waals surface area contributed by atoms with E-state index in [4.69, 9.17) is 14.2 Å². The Morgan fingerprint density at radius 3 is 2.78 bits per heavy atom.